The van der Waals surface area contributed by atoms with Crippen molar-refractivity contribution in [1.29, 1.82) is 0 Å². The lowest BCUT2D eigenvalue weighted by atomic mass is 9.83. The molecule has 0 aromatic rings. The van der Waals surface area contributed by atoms with Gasteiger partial charge in [0.15, 0.2) is 5.83 Å². The molecule has 0 bridgehead atoms. The normalized spacial score (nSPS) is 21.3. The molecule has 1 unspecified atom stereocenters. The maximum absolute atomic E-state index is 13.1. The van der Waals surface area contributed by atoms with Gasteiger partial charge in [-0.1, -0.05) is 29.9 Å². The van der Waals surface area contributed by atoms with Crippen LogP contribution in [-0.2, 0) is 0 Å². The Morgan fingerprint density at radius 1 is 1.40 bits per heavy atom. The fourth-order valence-electron chi connectivity index (χ4n) is 1.76. The van der Waals surface area contributed by atoms with Crippen molar-refractivity contribution < 1.29 is 8.78 Å². The van der Waals surface area contributed by atoms with Gasteiger partial charge in [-0.25, -0.2) is 8.78 Å². The molecule has 15 heavy (non-hydrogen) atoms. The van der Waals surface area contributed by atoms with Crippen molar-refractivity contribution in [3.05, 3.63) is 47.6 Å². The average molecular weight is 210 g/mol. The third-order valence-electron chi connectivity index (χ3n) is 2.50. The van der Waals surface area contributed by atoms with Crippen LogP contribution in [0.3, 0.4) is 0 Å². The average Bonchev–Trinajstić information content (AvgIpc) is 2.09. The Labute approximate surface area is 89.7 Å². The molecule has 0 aliphatic heterocycles. The van der Waals surface area contributed by atoms with Gasteiger partial charge in [-0.3, -0.25) is 0 Å². The van der Waals surface area contributed by atoms with E-state index in [4.69, 9.17) is 0 Å². The summed E-state index contributed by atoms with van der Waals surface area (Å²) >= 11 is 0. The fraction of sp³-hybridized carbons (Fsp3) is 0.385. The van der Waals surface area contributed by atoms with E-state index >= 15 is 0 Å². The molecule has 0 heterocycles. The molecule has 1 rings (SSSR count). The van der Waals surface area contributed by atoms with Gasteiger partial charge in [-0.2, -0.15) is 0 Å². The van der Waals surface area contributed by atoms with Gasteiger partial charge in [0.2, 0.25) is 0 Å². The molecule has 0 amide bonds. The monoisotopic (exact) mass is 210 g/mol. The molecule has 0 fully saturated rings. The second-order valence-electron chi connectivity index (χ2n) is 4.21. The van der Waals surface area contributed by atoms with Crippen molar-refractivity contribution in [2.75, 3.05) is 0 Å². The van der Waals surface area contributed by atoms with E-state index in [2.05, 4.69) is 13.2 Å². The Bertz CT molecular complexity index is 359. The van der Waals surface area contributed by atoms with Crippen LogP contribution in [0.2, 0.25) is 0 Å². The Hall–Kier alpha value is -1.18. The molecule has 0 N–H and O–H groups in total. The summed E-state index contributed by atoms with van der Waals surface area (Å²) in [4.78, 5) is 0. The first-order valence-electron chi connectivity index (χ1n) is 4.96. The van der Waals surface area contributed by atoms with Crippen molar-refractivity contribution in [3.63, 3.8) is 0 Å². The van der Waals surface area contributed by atoms with Crippen molar-refractivity contribution >= 4 is 0 Å². The number of hydrogen-bond donors (Lipinski definition) is 0. The Kier molecular flexibility index (Phi) is 3.61. The third kappa shape index (κ3) is 2.88. The molecule has 0 radical (unpaired) electrons. The standard InChI is InChI=1S/C13H16F2/c1-8(2)5-10-6-12(14)13(15)7-11(10)9(3)4/h6,11H,1,3,5,7H2,2,4H3. The van der Waals surface area contributed by atoms with Gasteiger partial charge in [0.1, 0.15) is 5.83 Å². The highest BCUT2D eigenvalue weighted by Crippen LogP contribution is 2.37. The first-order chi connectivity index (χ1) is 6.91. The largest absolute Gasteiger partial charge is 0.209 e. The molecular formula is C13H16F2. The summed E-state index contributed by atoms with van der Waals surface area (Å²) in [6.45, 7) is 11.3. The fourth-order valence-corrected chi connectivity index (χ4v) is 1.76. The molecule has 2 heteroatoms. The quantitative estimate of drug-likeness (QED) is 0.596. The van der Waals surface area contributed by atoms with E-state index < -0.39 is 11.7 Å². The zero-order chi connectivity index (χ0) is 11.6. The van der Waals surface area contributed by atoms with E-state index in [1.165, 1.54) is 6.08 Å². The number of hydrogen-bond acceptors (Lipinski definition) is 0. The summed E-state index contributed by atoms with van der Waals surface area (Å²) in [5.41, 5.74) is 2.68. The van der Waals surface area contributed by atoms with Gasteiger partial charge in [-0.15, -0.1) is 0 Å². The van der Waals surface area contributed by atoms with Gasteiger partial charge < -0.3 is 0 Å². The lowest BCUT2D eigenvalue weighted by Crippen LogP contribution is -2.10. The van der Waals surface area contributed by atoms with Crippen LogP contribution in [0.4, 0.5) is 8.78 Å². The molecule has 0 nitrogen and oxygen atoms in total. The minimum absolute atomic E-state index is 0.0822. The zero-order valence-corrected chi connectivity index (χ0v) is 9.24. The van der Waals surface area contributed by atoms with Crippen LogP contribution in [0.15, 0.2) is 47.6 Å². The van der Waals surface area contributed by atoms with Gasteiger partial charge in [0.25, 0.3) is 0 Å². The summed E-state index contributed by atoms with van der Waals surface area (Å²) in [6.07, 6.45) is 1.99. The van der Waals surface area contributed by atoms with Gasteiger partial charge in [0.05, 0.1) is 0 Å². The molecule has 0 saturated heterocycles. The lowest BCUT2D eigenvalue weighted by molar-refractivity contribution is 0.474. The molecular weight excluding hydrogens is 194 g/mol. The van der Waals surface area contributed by atoms with Crippen molar-refractivity contribution in [2.45, 2.75) is 26.7 Å². The second-order valence-corrected chi connectivity index (χ2v) is 4.21. The first-order valence-corrected chi connectivity index (χ1v) is 4.96. The first kappa shape index (κ1) is 11.9. The maximum atomic E-state index is 13.1. The predicted molar refractivity (Wildman–Crippen MR) is 59.7 cm³/mol. The minimum atomic E-state index is -0.747. The molecule has 0 spiro atoms. The summed E-state index contributed by atoms with van der Waals surface area (Å²) in [7, 11) is 0. The van der Waals surface area contributed by atoms with Gasteiger partial charge in [-0.05, 0) is 26.3 Å². The Balaban J connectivity index is 2.99. The molecule has 0 saturated carbocycles. The smallest absolute Gasteiger partial charge is 0.154 e. The van der Waals surface area contributed by atoms with E-state index in [0.717, 1.165) is 16.7 Å². The van der Waals surface area contributed by atoms with Crippen LogP contribution in [0.5, 0.6) is 0 Å². The summed E-state index contributed by atoms with van der Waals surface area (Å²) in [5, 5.41) is 0. The molecule has 1 atom stereocenters. The Morgan fingerprint density at radius 3 is 2.47 bits per heavy atom. The van der Waals surface area contributed by atoms with Crippen LogP contribution in [0, 0.1) is 5.92 Å². The van der Waals surface area contributed by atoms with Crippen molar-refractivity contribution in [1.82, 2.24) is 0 Å². The van der Waals surface area contributed by atoms with Gasteiger partial charge in [0, 0.05) is 12.3 Å². The van der Waals surface area contributed by atoms with Crippen LogP contribution in [-0.4, -0.2) is 0 Å². The van der Waals surface area contributed by atoms with E-state index in [-0.39, 0.29) is 12.3 Å². The highest BCUT2D eigenvalue weighted by atomic mass is 19.2. The van der Waals surface area contributed by atoms with Crippen molar-refractivity contribution in [3.8, 4) is 0 Å². The topological polar surface area (TPSA) is 0 Å². The van der Waals surface area contributed by atoms with Crippen LogP contribution in [0.1, 0.15) is 26.7 Å². The number of rotatable bonds is 3. The van der Waals surface area contributed by atoms with Crippen molar-refractivity contribution in [2.24, 2.45) is 5.92 Å². The Morgan fingerprint density at radius 2 is 2.00 bits per heavy atom. The summed E-state index contributed by atoms with van der Waals surface area (Å²) in [5.74, 6) is -1.50. The highest BCUT2D eigenvalue weighted by molar-refractivity contribution is 5.35. The maximum Gasteiger partial charge on any atom is 0.154 e. The van der Waals surface area contributed by atoms with Crippen LogP contribution >= 0.6 is 0 Å². The number of halogens is 2. The van der Waals surface area contributed by atoms with E-state index in [0.29, 0.717) is 6.42 Å². The van der Waals surface area contributed by atoms with Crippen LogP contribution in [0.25, 0.3) is 0 Å². The summed E-state index contributed by atoms with van der Waals surface area (Å²) in [6, 6.07) is 0. The van der Waals surface area contributed by atoms with Crippen LogP contribution < -0.4 is 0 Å². The SMILES string of the molecule is C=C(C)CC1=CC(F)=C(F)CC1C(=C)C. The van der Waals surface area contributed by atoms with Gasteiger partial charge >= 0.3 is 0 Å². The number of allylic oxidation sites excluding steroid dienone is 6. The molecule has 1 aliphatic rings. The molecule has 0 aromatic carbocycles. The zero-order valence-electron chi connectivity index (χ0n) is 9.24. The van der Waals surface area contributed by atoms with E-state index in [1.807, 2.05) is 13.8 Å². The molecule has 82 valence electrons. The molecule has 0 aromatic heterocycles. The third-order valence-corrected chi connectivity index (χ3v) is 2.50. The predicted octanol–water partition coefficient (Wildman–Crippen LogP) is 4.63. The molecule has 1 aliphatic carbocycles. The summed E-state index contributed by atoms with van der Waals surface area (Å²) < 4.78 is 26.2. The van der Waals surface area contributed by atoms with E-state index in [1.54, 1.807) is 0 Å². The second kappa shape index (κ2) is 4.56. The minimum Gasteiger partial charge on any atom is -0.209 e. The lowest BCUT2D eigenvalue weighted by Gasteiger charge is -2.23. The highest BCUT2D eigenvalue weighted by Gasteiger charge is 2.24. The van der Waals surface area contributed by atoms with E-state index in [9.17, 15) is 8.78 Å².